The van der Waals surface area contributed by atoms with Gasteiger partial charge in [-0.25, -0.2) is 0 Å². The molecule has 0 radical (unpaired) electrons. The Hall–Kier alpha value is -1.79. The van der Waals surface area contributed by atoms with Gasteiger partial charge in [0.15, 0.2) is 11.5 Å². The maximum absolute atomic E-state index is 13.5. The highest BCUT2D eigenvalue weighted by molar-refractivity contribution is 5.76. The Bertz CT molecular complexity index is 1250. The number of methoxy groups -OCH3 is 2. The lowest BCUT2D eigenvalue weighted by Gasteiger charge is -2.47. The number of piperidine rings is 1. The van der Waals surface area contributed by atoms with Crippen LogP contribution in [0.3, 0.4) is 0 Å². The summed E-state index contributed by atoms with van der Waals surface area (Å²) in [4.78, 5) is 15.4. The molecule has 4 atom stereocenters. The first-order valence-electron chi connectivity index (χ1n) is 17.3. The lowest BCUT2D eigenvalue weighted by atomic mass is 9.79. The Morgan fingerprint density at radius 2 is 2.07 bits per heavy atom. The predicted octanol–water partition coefficient (Wildman–Crippen LogP) is 3.56. The molecule has 0 bridgehead atoms. The predicted molar refractivity (Wildman–Crippen MR) is 118 cm³/mol. The molecule has 3 unspecified atom stereocenters. The van der Waals surface area contributed by atoms with Crippen LogP contribution in [0.15, 0.2) is 12.1 Å². The van der Waals surface area contributed by atoms with Crippen molar-refractivity contribution in [2.24, 2.45) is 23.5 Å². The van der Waals surface area contributed by atoms with Gasteiger partial charge in [0.05, 0.1) is 25.0 Å². The molecule has 3 rings (SSSR count). The first-order chi connectivity index (χ1) is 20.0. The highest BCUT2D eigenvalue weighted by Gasteiger charge is 2.41. The van der Waals surface area contributed by atoms with Crippen molar-refractivity contribution in [3.8, 4) is 11.5 Å². The maximum Gasteiger partial charge on any atom is 0.323 e. The summed E-state index contributed by atoms with van der Waals surface area (Å²) in [5.41, 5.74) is 6.73. The second-order valence-corrected chi connectivity index (χ2v) is 8.14. The third kappa shape index (κ3) is 4.75. The summed E-state index contributed by atoms with van der Waals surface area (Å²) in [6, 6.07) is -1.76. The molecule has 2 heterocycles. The third-order valence-electron chi connectivity index (χ3n) is 5.67. The Morgan fingerprint density at radius 3 is 2.73 bits per heavy atom. The average Bonchev–Trinajstić information content (AvgIpc) is 2.81. The van der Waals surface area contributed by atoms with Gasteiger partial charge in [-0.1, -0.05) is 27.6 Å². The number of nitrogens with zero attached hydrogens (tertiary/aromatic N) is 1. The minimum absolute atomic E-state index is 0.0235. The molecule has 1 saturated heterocycles. The van der Waals surface area contributed by atoms with Crippen LogP contribution in [-0.2, 0) is 16.0 Å². The summed E-state index contributed by atoms with van der Waals surface area (Å²) in [6.07, 6.45) is -1.80. The van der Waals surface area contributed by atoms with Crippen molar-refractivity contribution < 1.29 is 39.6 Å². The molecule has 6 heteroatoms. The van der Waals surface area contributed by atoms with Gasteiger partial charge in [0.1, 0.15) is 12.1 Å². The molecule has 30 heavy (non-hydrogen) atoms. The summed E-state index contributed by atoms with van der Waals surface area (Å²) in [5, 5.41) is 0. The number of benzene rings is 1. The maximum atomic E-state index is 13.5. The molecular weight excluding hydrogens is 380 g/mol. The average molecular weight is 434 g/mol. The van der Waals surface area contributed by atoms with Gasteiger partial charge in [-0.15, -0.1) is 0 Å². The summed E-state index contributed by atoms with van der Waals surface area (Å²) in [6.45, 7) is -3.15. The zero-order valence-corrected chi connectivity index (χ0v) is 17.1. The molecule has 2 aliphatic heterocycles. The van der Waals surface area contributed by atoms with Crippen molar-refractivity contribution in [3.63, 3.8) is 0 Å². The Labute approximate surface area is 202 Å². The van der Waals surface area contributed by atoms with E-state index in [0.717, 1.165) is 0 Å². The molecule has 2 aliphatic rings. The van der Waals surface area contributed by atoms with Gasteiger partial charge in [-0.05, 0) is 47.9 Å². The van der Waals surface area contributed by atoms with Crippen LogP contribution in [-0.4, -0.2) is 50.1 Å². The second-order valence-electron chi connectivity index (χ2n) is 8.14. The molecule has 2 N–H and O–H groups in total. The number of esters is 1. The standard InChI is InChI=1S/C24H38N2O4/c1-14(2)9-17-13-26-8-7-16-10-21(28-5)22(29-6)11-18(16)19(26)12-20(17)30-24(27)23(25)15(3)4/h10-11,14-15,17,19-20,23H,7-9,12-13,25H2,1-6H3/t17?,19?,20?,23-/m0/s1/i3D3,4D3,5D3,6D3,15D,20D,23D. The molecule has 0 aliphatic carbocycles. The minimum Gasteiger partial charge on any atom is -0.493 e. The van der Waals surface area contributed by atoms with E-state index in [2.05, 4.69) is 0 Å². The van der Waals surface area contributed by atoms with Gasteiger partial charge in [0, 0.05) is 41.1 Å². The second kappa shape index (κ2) is 9.56. The monoisotopic (exact) mass is 433 g/mol. The van der Waals surface area contributed by atoms with Gasteiger partial charge in [-0.2, -0.15) is 0 Å². The first kappa shape index (κ1) is 10.2. The summed E-state index contributed by atoms with van der Waals surface area (Å²) in [7, 11) is -5.91. The Balaban J connectivity index is 2.10. The number of hydrogen-bond donors (Lipinski definition) is 1. The molecule has 6 nitrogen and oxygen atoms in total. The highest BCUT2D eigenvalue weighted by atomic mass is 16.5. The van der Waals surface area contributed by atoms with E-state index in [-0.39, 0.29) is 24.6 Å². The summed E-state index contributed by atoms with van der Waals surface area (Å²) >= 11 is 0. The first-order valence-corrected chi connectivity index (χ1v) is 9.84. The van der Waals surface area contributed by atoms with Crippen molar-refractivity contribution in [3.05, 3.63) is 23.3 Å². The zero-order chi connectivity index (χ0) is 34.8. The molecule has 0 amide bonds. The fourth-order valence-electron chi connectivity index (χ4n) is 4.30. The van der Waals surface area contributed by atoms with Gasteiger partial charge in [-0.3, -0.25) is 9.69 Å². The minimum atomic E-state index is -3.81. The lowest BCUT2D eigenvalue weighted by molar-refractivity contribution is -0.160. The lowest BCUT2D eigenvalue weighted by Crippen LogP contribution is -2.51. The van der Waals surface area contributed by atoms with Crippen LogP contribution in [0.2, 0.25) is 0 Å². The SMILES string of the molecule is [2H]C([2H])([2H])Oc1cc2c(cc1OC([2H])([2H])[2H])C1CC([2H])(OC(=O)[C@@]([2H])(N)C([2H])(C([2H])([2H])[2H])C([2H])([2H])[2H])C(CC(C)C)CN1CC2. The van der Waals surface area contributed by atoms with Crippen LogP contribution >= 0.6 is 0 Å². The largest absolute Gasteiger partial charge is 0.493 e. The quantitative estimate of drug-likeness (QED) is 0.663. The fourth-order valence-corrected chi connectivity index (χ4v) is 4.30. The van der Waals surface area contributed by atoms with Crippen molar-refractivity contribution in [2.45, 2.75) is 65.0 Å². The van der Waals surface area contributed by atoms with Crippen molar-refractivity contribution in [2.75, 3.05) is 27.2 Å². The Morgan fingerprint density at radius 1 is 1.33 bits per heavy atom. The van der Waals surface area contributed by atoms with E-state index in [1.165, 1.54) is 12.1 Å². The van der Waals surface area contributed by atoms with Crippen LogP contribution < -0.4 is 15.2 Å². The van der Waals surface area contributed by atoms with E-state index >= 15 is 0 Å². The Kier molecular flexibility index (Phi) is 3.26. The number of ether oxygens (including phenoxy) is 3. The van der Waals surface area contributed by atoms with E-state index in [1.807, 2.05) is 18.7 Å². The zero-order valence-electron chi connectivity index (χ0n) is 32.1. The number of hydrogen-bond acceptors (Lipinski definition) is 6. The molecular formula is C24H38N2O4. The molecule has 1 aromatic carbocycles. The van der Waals surface area contributed by atoms with Crippen LogP contribution in [0.25, 0.3) is 0 Å². The molecule has 1 aromatic rings. The van der Waals surface area contributed by atoms with Crippen molar-refractivity contribution >= 4 is 5.97 Å². The smallest absolute Gasteiger partial charge is 0.323 e. The third-order valence-corrected chi connectivity index (χ3v) is 5.67. The number of fused-ring (bicyclic) bond motifs is 3. The fraction of sp³-hybridized carbons (Fsp3) is 0.708. The number of carbonyl (C=O) groups is 1. The van der Waals surface area contributed by atoms with E-state index in [1.54, 1.807) is 0 Å². The van der Waals surface area contributed by atoms with Crippen LogP contribution in [0.4, 0.5) is 0 Å². The van der Waals surface area contributed by atoms with Crippen LogP contribution in [0.1, 0.15) is 78.1 Å². The molecule has 1 fully saturated rings. The topological polar surface area (TPSA) is 74.0 Å². The van der Waals surface area contributed by atoms with Crippen molar-refractivity contribution in [1.82, 2.24) is 4.90 Å². The summed E-state index contributed by atoms with van der Waals surface area (Å²) < 4.78 is 133. The highest BCUT2D eigenvalue weighted by Crippen LogP contribution is 2.44. The normalized spacial score (nSPS) is 37.8. The number of nitrogens with two attached hydrogens (primary N) is 1. The number of carbonyl (C=O) groups excluding carboxylic acids is 1. The molecule has 0 saturated carbocycles. The number of rotatable bonds is 7. The van der Waals surface area contributed by atoms with Gasteiger partial charge < -0.3 is 19.9 Å². The van der Waals surface area contributed by atoms with Crippen LogP contribution in [0.5, 0.6) is 11.5 Å². The molecule has 168 valence electrons. The van der Waals surface area contributed by atoms with Gasteiger partial charge in [0.25, 0.3) is 0 Å². The van der Waals surface area contributed by atoms with E-state index < -0.39 is 69.5 Å². The molecule has 0 spiro atoms. The summed E-state index contributed by atoms with van der Waals surface area (Å²) in [5.74, 6) is -7.17. The molecule has 0 aromatic heterocycles. The van der Waals surface area contributed by atoms with E-state index in [4.69, 9.17) is 39.1 Å². The van der Waals surface area contributed by atoms with E-state index in [0.29, 0.717) is 30.5 Å². The van der Waals surface area contributed by atoms with E-state index in [9.17, 15) is 6.17 Å². The van der Waals surface area contributed by atoms with Crippen molar-refractivity contribution in [1.29, 1.82) is 0 Å². The van der Waals surface area contributed by atoms with Gasteiger partial charge >= 0.3 is 5.97 Å². The van der Waals surface area contributed by atoms with Crippen LogP contribution in [0, 0.1) is 17.7 Å². The van der Waals surface area contributed by atoms with Gasteiger partial charge in [0.2, 0.25) is 0 Å².